The van der Waals surface area contributed by atoms with Crippen LogP contribution in [0.3, 0.4) is 0 Å². The molecule has 1 unspecified atom stereocenters. The van der Waals surface area contributed by atoms with E-state index in [-0.39, 0.29) is 17.9 Å². The van der Waals surface area contributed by atoms with Gasteiger partial charge in [-0.15, -0.1) is 0 Å². The van der Waals surface area contributed by atoms with Crippen LogP contribution in [0.5, 0.6) is 11.5 Å². The molecule has 0 radical (unpaired) electrons. The highest BCUT2D eigenvalue weighted by Gasteiger charge is 2.30. The van der Waals surface area contributed by atoms with Crippen LogP contribution in [-0.2, 0) is 16.1 Å². The van der Waals surface area contributed by atoms with Crippen molar-refractivity contribution < 1.29 is 14.3 Å². The van der Waals surface area contributed by atoms with Gasteiger partial charge < -0.3 is 25.2 Å². The van der Waals surface area contributed by atoms with Gasteiger partial charge >= 0.3 is 0 Å². The summed E-state index contributed by atoms with van der Waals surface area (Å²) in [5.74, 6) is 2.35. The summed E-state index contributed by atoms with van der Waals surface area (Å²) < 4.78 is 6.11. The number of hydrogen-bond donors (Lipinski definition) is 1. The molecule has 238 valence electrons. The second kappa shape index (κ2) is 15.4. The molecule has 0 bridgehead atoms. The molecule has 5 rings (SSSR count). The molecule has 44 heavy (non-hydrogen) atoms. The highest BCUT2D eigenvalue weighted by atomic mass is 16.5. The molecule has 2 aromatic rings. The predicted octanol–water partition coefficient (Wildman–Crippen LogP) is 7.14. The number of carbonyl (C=O) groups excluding carboxylic acids is 2. The monoisotopic (exact) mass is 601 g/mol. The first-order chi connectivity index (χ1) is 21.4. The molecule has 2 fully saturated rings. The summed E-state index contributed by atoms with van der Waals surface area (Å²) >= 11 is 0. The Kier molecular flexibility index (Phi) is 11.2. The average molecular weight is 602 g/mol. The molecule has 1 aliphatic heterocycles. The number of para-hydroxylation sites is 1. The number of guanidine groups is 1. The van der Waals surface area contributed by atoms with Crippen LogP contribution in [0.2, 0.25) is 0 Å². The van der Waals surface area contributed by atoms with Crippen molar-refractivity contribution in [3.8, 4) is 11.5 Å². The first-order valence-electron chi connectivity index (χ1n) is 16.9. The molecule has 8 heteroatoms. The normalized spacial score (nSPS) is 18.2. The molecule has 1 heterocycles. The topological polar surface area (TPSA) is 91.5 Å². The van der Waals surface area contributed by atoms with Crippen LogP contribution in [-0.4, -0.2) is 64.2 Å². The molecule has 2 amide bonds. The SMILES string of the molecule is CCN(C(=O)CCC(CCC(=O)N(C)C1CCCCC1)N1Cc2cc(Oc3ccccc3)ccc2N=C1N)C1CCCCC1. The number of aliphatic imine (C=N–C) groups is 1. The van der Waals surface area contributed by atoms with Crippen LogP contribution >= 0.6 is 0 Å². The minimum atomic E-state index is -0.0803. The van der Waals surface area contributed by atoms with Crippen LogP contribution in [0, 0.1) is 0 Å². The second-order valence-electron chi connectivity index (χ2n) is 12.8. The molecule has 2 aliphatic carbocycles. The fourth-order valence-electron chi connectivity index (χ4n) is 7.31. The number of nitrogens with two attached hydrogens (primary N) is 1. The summed E-state index contributed by atoms with van der Waals surface area (Å²) in [4.78, 5) is 37.9. The zero-order chi connectivity index (χ0) is 30.9. The van der Waals surface area contributed by atoms with Gasteiger partial charge in [0.05, 0.1) is 5.69 Å². The van der Waals surface area contributed by atoms with Crippen molar-refractivity contribution in [2.75, 3.05) is 13.6 Å². The maximum atomic E-state index is 13.6. The Morgan fingerprint density at radius 3 is 2.18 bits per heavy atom. The van der Waals surface area contributed by atoms with Crippen molar-refractivity contribution in [1.82, 2.24) is 14.7 Å². The lowest BCUT2D eigenvalue weighted by Gasteiger charge is -2.37. The maximum absolute atomic E-state index is 13.6. The van der Waals surface area contributed by atoms with Gasteiger partial charge in [-0.05, 0) is 75.8 Å². The highest BCUT2D eigenvalue weighted by Crippen LogP contribution is 2.33. The molecule has 2 N–H and O–H groups in total. The fraction of sp³-hybridized carbons (Fsp3) is 0.583. The number of ether oxygens (including phenoxy) is 1. The zero-order valence-corrected chi connectivity index (χ0v) is 26.8. The van der Waals surface area contributed by atoms with E-state index in [0.717, 1.165) is 55.0 Å². The fourth-order valence-corrected chi connectivity index (χ4v) is 7.31. The van der Waals surface area contributed by atoms with Crippen molar-refractivity contribution in [3.05, 3.63) is 54.1 Å². The Balaban J connectivity index is 1.30. The molecule has 0 aromatic heterocycles. The molecule has 2 aromatic carbocycles. The van der Waals surface area contributed by atoms with Gasteiger partial charge in [0.15, 0.2) is 5.96 Å². The van der Waals surface area contributed by atoms with Crippen molar-refractivity contribution in [2.24, 2.45) is 10.7 Å². The second-order valence-corrected chi connectivity index (χ2v) is 12.8. The van der Waals surface area contributed by atoms with Gasteiger partial charge in [0.1, 0.15) is 11.5 Å². The third-order valence-corrected chi connectivity index (χ3v) is 9.92. The lowest BCUT2D eigenvalue weighted by Crippen LogP contribution is -2.47. The zero-order valence-electron chi connectivity index (χ0n) is 26.8. The van der Waals surface area contributed by atoms with E-state index in [4.69, 9.17) is 15.5 Å². The highest BCUT2D eigenvalue weighted by molar-refractivity contribution is 5.84. The van der Waals surface area contributed by atoms with Crippen LogP contribution in [0.1, 0.15) is 102 Å². The minimum Gasteiger partial charge on any atom is -0.457 e. The Labute approximate surface area is 263 Å². The number of benzene rings is 2. The minimum absolute atomic E-state index is 0.0803. The smallest absolute Gasteiger partial charge is 0.222 e. The van der Waals surface area contributed by atoms with E-state index in [2.05, 4.69) is 16.7 Å². The van der Waals surface area contributed by atoms with Crippen molar-refractivity contribution in [1.29, 1.82) is 0 Å². The van der Waals surface area contributed by atoms with Crippen molar-refractivity contribution >= 4 is 23.5 Å². The van der Waals surface area contributed by atoms with Crippen LogP contribution in [0.25, 0.3) is 0 Å². The Morgan fingerprint density at radius 2 is 1.52 bits per heavy atom. The summed E-state index contributed by atoms with van der Waals surface area (Å²) in [5, 5.41) is 0. The van der Waals surface area contributed by atoms with Gasteiger partial charge in [-0.3, -0.25) is 9.59 Å². The Morgan fingerprint density at radius 1 is 0.886 bits per heavy atom. The van der Waals surface area contributed by atoms with E-state index in [1.165, 1.54) is 38.5 Å². The largest absolute Gasteiger partial charge is 0.457 e. The van der Waals surface area contributed by atoms with Crippen molar-refractivity contribution in [3.63, 3.8) is 0 Å². The summed E-state index contributed by atoms with van der Waals surface area (Å²) in [6, 6.07) is 16.2. The third-order valence-electron chi connectivity index (χ3n) is 9.92. The van der Waals surface area contributed by atoms with Crippen LogP contribution in [0.15, 0.2) is 53.5 Å². The number of carbonyl (C=O) groups is 2. The summed E-state index contributed by atoms with van der Waals surface area (Å²) in [6.45, 7) is 3.39. The van der Waals surface area contributed by atoms with Gasteiger partial charge in [-0.2, -0.15) is 0 Å². The number of rotatable bonds is 12. The summed E-state index contributed by atoms with van der Waals surface area (Å²) in [6.07, 6.45) is 13.8. The molecule has 0 saturated heterocycles. The van der Waals surface area contributed by atoms with Gasteiger partial charge in [0.25, 0.3) is 0 Å². The average Bonchev–Trinajstić information content (AvgIpc) is 3.06. The van der Waals surface area contributed by atoms with E-state index < -0.39 is 0 Å². The first kappa shape index (κ1) is 31.9. The number of hydrogen-bond acceptors (Lipinski definition) is 6. The molecule has 1 atom stereocenters. The molecule has 3 aliphatic rings. The number of nitrogens with zero attached hydrogens (tertiary/aromatic N) is 4. The van der Waals surface area contributed by atoms with Crippen molar-refractivity contribution in [2.45, 2.75) is 121 Å². The maximum Gasteiger partial charge on any atom is 0.222 e. The van der Waals surface area contributed by atoms with E-state index in [0.29, 0.717) is 50.3 Å². The Bertz CT molecular complexity index is 1270. The lowest BCUT2D eigenvalue weighted by molar-refractivity contribution is -0.134. The quantitative estimate of drug-likeness (QED) is 0.279. The standard InChI is InChI=1S/C36H51N5O3/c1-3-40(29-15-9-5-10-16-29)35(43)24-20-30(19-23-34(42)39(2)28-13-7-4-8-14-28)41-26-27-25-32(21-22-33(27)38-36(41)37)44-31-17-11-6-12-18-31/h6,11-12,17-18,21-22,25,28-30H,3-5,7-10,13-16,19-20,23-24,26H2,1-2H3,(H2,37,38). The third kappa shape index (κ3) is 8.13. The van der Waals surface area contributed by atoms with E-state index >= 15 is 0 Å². The van der Waals surface area contributed by atoms with Crippen LogP contribution in [0.4, 0.5) is 5.69 Å². The summed E-state index contributed by atoms with van der Waals surface area (Å²) in [7, 11) is 1.96. The van der Waals surface area contributed by atoms with Gasteiger partial charge in [0, 0.05) is 56.7 Å². The molecule has 8 nitrogen and oxygen atoms in total. The lowest BCUT2D eigenvalue weighted by atomic mass is 9.93. The van der Waals surface area contributed by atoms with E-state index in [1.54, 1.807) is 0 Å². The van der Waals surface area contributed by atoms with Gasteiger partial charge in [-0.25, -0.2) is 4.99 Å². The van der Waals surface area contributed by atoms with Gasteiger partial charge in [-0.1, -0.05) is 56.7 Å². The van der Waals surface area contributed by atoms with E-state index in [9.17, 15) is 9.59 Å². The number of amides is 2. The summed E-state index contributed by atoms with van der Waals surface area (Å²) in [5.41, 5.74) is 8.45. The first-order valence-corrected chi connectivity index (χ1v) is 16.9. The predicted molar refractivity (Wildman–Crippen MR) is 176 cm³/mol. The molecule has 2 saturated carbocycles. The van der Waals surface area contributed by atoms with E-state index in [1.807, 2.05) is 60.5 Å². The molecular weight excluding hydrogens is 550 g/mol. The van der Waals surface area contributed by atoms with Crippen LogP contribution < -0.4 is 10.5 Å². The van der Waals surface area contributed by atoms with Gasteiger partial charge in [0.2, 0.25) is 11.8 Å². The molecule has 0 spiro atoms. The molecular formula is C36H51N5O3. The Hall–Kier alpha value is -3.55. The number of fused-ring (bicyclic) bond motifs is 1.